The highest BCUT2D eigenvalue weighted by atomic mass is 32.1. The minimum Gasteiger partial charge on any atom is -0.383 e. The lowest BCUT2D eigenvalue weighted by molar-refractivity contribution is -0.880. The Morgan fingerprint density at radius 3 is 2.68 bits per heavy atom. The van der Waals surface area contributed by atoms with Crippen molar-refractivity contribution in [1.82, 2.24) is 29.7 Å². The number of quaternary nitrogens is 1. The standard InChI is InChI=1S/C27H26N10S/c1-35-8-10-36(11-9-35)25-18(12-16-4-2-3-5-19(16)32-25)14-37-26-22(24(28)30-15-31-26)23(34-37)17-6-7-20-21(13-17)38-27(29)33-20/h2-7,12-13,15H,8-11,14H2,1H3,(H2,29,33)(H2,28,30,31)/p+1. The van der Waals surface area contributed by atoms with Gasteiger partial charge in [0.15, 0.2) is 10.8 Å². The molecule has 5 heterocycles. The highest BCUT2D eigenvalue weighted by Crippen LogP contribution is 2.35. The Hall–Kier alpha value is -4.35. The third-order valence-electron chi connectivity index (χ3n) is 7.25. The summed E-state index contributed by atoms with van der Waals surface area (Å²) in [4.78, 5) is 22.3. The molecule has 0 radical (unpaired) electrons. The maximum Gasteiger partial charge on any atom is 0.181 e. The van der Waals surface area contributed by atoms with E-state index in [9.17, 15) is 0 Å². The second-order valence-corrected chi connectivity index (χ2v) is 10.9. The van der Waals surface area contributed by atoms with Crippen LogP contribution < -0.4 is 21.3 Å². The normalized spacial score (nSPS) is 14.7. The van der Waals surface area contributed by atoms with Crippen molar-refractivity contribution in [3.8, 4) is 11.3 Å². The molecular weight excluding hydrogens is 496 g/mol. The van der Waals surface area contributed by atoms with E-state index in [-0.39, 0.29) is 0 Å². The summed E-state index contributed by atoms with van der Waals surface area (Å²) < 4.78 is 2.92. The lowest BCUT2D eigenvalue weighted by Gasteiger charge is -2.32. The van der Waals surface area contributed by atoms with Crippen LogP contribution >= 0.6 is 11.3 Å². The number of nitrogens with zero attached hydrogens (tertiary/aromatic N) is 7. The first-order chi connectivity index (χ1) is 18.5. The Bertz CT molecular complexity index is 1820. The molecule has 7 rings (SSSR count). The lowest BCUT2D eigenvalue weighted by Crippen LogP contribution is -3.12. The Balaban J connectivity index is 1.37. The average molecular weight is 524 g/mol. The number of hydrogen-bond donors (Lipinski definition) is 3. The number of para-hydroxylation sites is 1. The predicted molar refractivity (Wildman–Crippen MR) is 152 cm³/mol. The van der Waals surface area contributed by atoms with Crippen LogP contribution in [0.2, 0.25) is 0 Å². The Morgan fingerprint density at radius 1 is 0.974 bits per heavy atom. The molecule has 0 aliphatic carbocycles. The number of hydrogen-bond acceptors (Lipinski definition) is 9. The van der Waals surface area contributed by atoms with E-state index in [4.69, 9.17) is 21.5 Å². The Morgan fingerprint density at radius 2 is 1.82 bits per heavy atom. The maximum atomic E-state index is 6.39. The number of nitrogens with one attached hydrogen (secondary N) is 1. The summed E-state index contributed by atoms with van der Waals surface area (Å²) in [5.41, 5.74) is 17.7. The molecule has 0 unspecified atom stereocenters. The van der Waals surface area contributed by atoms with Crippen LogP contribution in [0.1, 0.15) is 5.56 Å². The number of thiazole rings is 1. The van der Waals surface area contributed by atoms with Crippen molar-refractivity contribution in [2.75, 3.05) is 49.6 Å². The van der Waals surface area contributed by atoms with Crippen molar-refractivity contribution >= 4 is 60.3 Å². The maximum absolute atomic E-state index is 6.39. The molecule has 11 heteroatoms. The molecule has 0 bridgehead atoms. The number of likely N-dealkylation sites (N-methyl/N-ethyl adjacent to an activating group) is 1. The summed E-state index contributed by atoms with van der Waals surface area (Å²) >= 11 is 1.45. The number of aromatic nitrogens is 6. The molecule has 1 aliphatic heterocycles. The van der Waals surface area contributed by atoms with E-state index in [0.717, 1.165) is 75.3 Å². The molecule has 1 aliphatic rings. The molecule has 0 atom stereocenters. The topological polar surface area (TPSA) is 129 Å². The first-order valence-corrected chi connectivity index (χ1v) is 13.4. The van der Waals surface area contributed by atoms with Crippen LogP contribution in [0.15, 0.2) is 54.9 Å². The fraction of sp³-hybridized carbons (Fsp3) is 0.222. The first-order valence-electron chi connectivity index (χ1n) is 12.6. The fourth-order valence-corrected chi connectivity index (χ4v) is 6.01. The largest absolute Gasteiger partial charge is 0.383 e. The molecule has 4 aromatic heterocycles. The second kappa shape index (κ2) is 8.89. The van der Waals surface area contributed by atoms with E-state index < -0.39 is 0 Å². The van der Waals surface area contributed by atoms with Gasteiger partial charge in [-0.3, -0.25) is 0 Å². The Kier molecular flexibility index (Phi) is 5.34. The number of nitrogen functional groups attached to an aromatic ring is 2. The zero-order chi connectivity index (χ0) is 25.8. The molecule has 6 aromatic rings. The number of piperazine rings is 1. The number of anilines is 3. The number of benzene rings is 2. The number of pyridine rings is 1. The van der Waals surface area contributed by atoms with Gasteiger partial charge in [-0.05, 0) is 24.3 Å². The zero-order valence-electron chi connectivity index (χ0n) is 20.9. The quantitative estimate of drug-likeness (QED) is 0.321. The van der Waals surface area contributed by atoms with Gasteiger partial charge in [-0.1, -0.05) is 35.6 Å². The van der Waals surface area contributed by atoms with E-state index in [1.807, 2.05) is 28.9 Å². The molecule has 0 saturated carbocycles. The van der Waals surface area contributed by atoms with Crippen LogP contribution in [0.25, 0.3) is 43.4 Å². The molecule has 0 amide bonds. The zero-order valence-corrected chi connectivity index (χ0v) is 21.7. The average Bonchev–Trinajstić information content (AvgIpc) is 3.48. The van der Waals surface area contributed by atoms with Crippen molar-refractivity contribution in [2.24, 2.45) is 0 Å². The number of fused-ring (bicyclic) bond motifs is 3. The SMILES string of the molecule is C[NH+]1CCN(c2nc3ccccc3cc2Cn2nc(-c3ccc4nc(N)sc4c3)c3c(N)ncnc32)CC1. The van der Waals surface area contributed by atoms with Gasteiger partial charge in [0.2, 0.25) is 0 Å². The molecular formula is C27H27N10S+. The van der Waals surface area contributed by atoms with Crippen molar-refractivity contribution in [1.29, 1.82) is 0 Å². The van der Waals surface area contributed by atoms with Crippen LogP contribution in [0.4, 0.5) is 16.8 Å². The van der Waals surface area contributed by atoms with Gasteiger partial charge in [0, 0.05) is 16.5 Å². The smallest absolute Gasteiger partial charge is 0.181 e. The summed E-state index contributed by atoms with van der Waals surface area (Å²) in [6.45, 7) is 4.59. The molecule has 1 saturated heterocycles. The predicted octanol–water partition coefficient (Wildman–Crippen LogP) is 2.20. The summed E-state index contributed by atoms with van der Waals surface area (Å²) in [5, 5.41) is 7.42. The van der Waals surface area contributed by atoms with Gasteiger partial charge in [0.05, 0.1) is 60.9 Å². The third-order valence-corrected chi connectivity index (χ3v) is 8.10. The van der Waals surface area contributed by atoms with E-state index in [1.54, 1.807) is 0 Å². The molecule has 1 fully saturated rings. The summed E-state index contributed by atoms with van der Waals surface area (Å²) in [7, 11) is 2.24. The highest BCUT2D eigenvalue weighted by Gasteiger charge is 2.23. The van der Waals surface area contributed by atoms with Gasteiger partial charge >= 0.3 is 0 Å². The van der Waals surface area contributed by atoms with Gasteiger partial charge in [0.1, 0.15) is 23.7 Å². The first kappa shape index (κ1) is 22.8. The van der Waals surface area contributed by atoms with Crippen LogP contribution in [-0.2, 0) is 6.54 Å². The molecule has 10 nitrogen and oxygen atoms in total. The second-order valence-electron chi connectivity index (χ2n) is 9.81. The third kappa shape index (κ3) is 3.87. The van der Waals surface area contributed by atoms with Crippen LogP contribution in [-0.4, -0.2) is 62.9 Å². The molecule has 5 N–H and O–H groups in total. The monoisotopic (exact) mass is 523 g/mol. The minimum atomic E-state index is 0.402. The van der Waals surface area contributed by atoms with Gasteiger partial charge < -0.3 is 21.3 Å². The van der Waals surface area contributed by atoms with E-state index in [2.05, 4.69) is 51.2 Å². The van der Waals surface area contributed by atoms with Crippen molar-refractivity contribution in [3.63, 3.8) is 0 Å². The highest BCUT2D eigenvalue weighted by molar-refractivity contribution is 7.22. The summed E-state index contributed by atoms with van der Waals surface area (Å²) in [6, 6.07) is 16.5. The van der Waals surface area contributed by atoms with E-state index >= 15 is 0 Å². The van der Waals surface area contributed by atoms with Gasteiger partial charge in [-0.25, -0.2) is 24.6 Å². The van der Waals surface area contributed by atoms with Crippen LogP contribution in [0.5, 0.6) is 0 Å². The van der Waals surface area contributed by atoms with E-state index in [1.165, 1.54) is 22.6 Å². The van der Waals surface area contributed by atoms with Gasteiger partial charge in [-0.2, -0.15) is 5.10 Å². The van der Waals surface area contributed by atoms with Crippen LogP contribution in [0.3, 0.4) is 0 Å². The molecule has 0 spiro atoms. The van der Waals surface area contributed by atoms with Crippen molar-refractivity contribution < 1.29 is 4.90 Å². The summed E-state index contributed by atoms with van der Waals surface area (Å²) in [6.07, 6.45) is 1.50. The molecule has 38 heavy (non-hydrogen) atoms. The summed E-state index contributed by atoms with van der Waals surface area (Å²) in [5.74, 6) is 1.41. The van der Waals surface area contributed by atoms with Gasteiger partial charge in [-0.15, -0.1) is 0 Å². The fourth-order valence-electron chi connectivity index (χ4n) is 5.23. The van der Waals surface area contributed by atoms with Crippen LogP contribution in [0, 0.1) is 0 Å². The van der Waals surface area contributed by atoms with Crippen molar-refractivity contribution in [2.45, 2.75) is 6.54 Å². The van der Waals surface area contributed by atoms with Crippen molar-refractivity contribution in [3.05, 3.63) is 60.4 Å². The minimum absolute atomic E-state index is 0.402. The Labute approximate surface area is 222 Å². The molecule has 2 aromatic carbocycles. The number of rotatable bonds is 4. The van der Waals surface area contributed by atoms with E-state index in [0.29, 0.717) is 23.1 Å². The molecule has 190 valence electrons. The lowest BCUT2D eigenvalue weighted by atomic mass is 10.1. The number of nitrogens with two attached hydrogens (primary N) is 2. The van der Waals surface area contributed by atoms with Gasteiger partial charge in [0.25, 0.3) is 0 Å².